The zero-order chi connectivity index (χ0) is 17.8. The van der Waals surface area contributed by atoms with Gasteiger partial charge in [0.15, 0.2) is 0 Å². The summed E-state index contributed by atoms with van der Waals surface area (Å²) in [4.78, 5) is 18.7. The van der Waals surface area contributed by atoms with Crippen molar-refractivity contribution in [1.82, 2.24) is 9.88 Å². The largest absolute Gasteiger partial charge is 0.382 e. The van der Waals surface area contributed by atoms with Gasteiger partial charge in [-0.15, -0.1) is 0 Å². The van der Waals surface area contributed by atoms with E-state index in [0.717, 1.165) is 16.5 Å². The molecule has 0 aliphatic rings. The second-order valence-corrected chi connectivity index (χ2v) is 5.93. The topological polar surface area (TPSA) is 53.4 Å². The maximum atomic E-state index is 12.4. The lowest BCUT2D eigenvalue weighted by molar-refractivity contribution is 0.0773. The molecule has 25 heavy (non-hydrogen) atoms. The molecule has 0 fully saturated rings. The highest BCUT2D eigenvalue weighted by Gasteiger charge is 2.15. The molecule has 0 spiro atoms. The van der Waals surface area contributed by atoms with Crippen molar-refractivity contribution < 1.29 is 9.90 Å². The zero-order valence-electron chi connectivity index (χ0n) is 14.5. The lowest BCUT2D eigenvalue weighted by Crippen LogP contribution is -2.30. The molecule has 1 N–H and O–H groups in total. The van der Waals surface area contributed by atoms with Crippen LogP contribution in [0.1, 0.15) is 41.6 Å². The smallest absolute Gasteiger partial charge is 0.253 e. The normalized spacial score (nSPS) is 12.1. The van der Waals surface area contributed by atoms with Crippen LogP contribution in [0.3, 0.4) is 0 Å². The molecular weight excluding hydrogens is 312 g/mol. The number of rotatable bonds is 5. The van der Waals surface area contributed by atoms with Gasteiger partial charge in [0.05, 0.1) is 11.2 Å². The quantitative estimate of drug-likeness (QED) is 0.772. The molecule has 0 saturated carbocycles. The Morgan fingerprint density at radius 1 is 1.00 bits per heavy atom. The minimum Gasteiger partial charge on any atom is -0.382 e. The van der Waals surface area contributed by atoms with E-state index in [1.807, 2.05) is 50.2 Å². The maximum absolute atomic E-state index is 12.4. The number of para-hydroxylation sites is 1. The summed E-state index contributed by atoms with van der Waals surface area (Å²) in [5.41, 5.74) is 2.80. The Hall–Kier alpha value is -2.72. The first-order valence-corrected chi connectivity index (χ1v) is 8.57. The first-order valence-electron chi connectivity index (χ1n) is 8.57. The molecule has 3 rings (SSSR count). The van der Waals surface area contributed by atoms with Crippen molar-refractivity contribution in [3.63, 3.8) is 0 Å². The molecule has 1 unspecified atom stereocenters. The van der Waals surface area contributed by atoms with Crippen molar-refractivity contribution in [3.8, 4) is 0 Å². The van der Waals surface area contributed by atoms with Crippen LogP contribution < -0.4 is 0 Å². The van der Waals surface area contributed by atoms with E-state index in [0.29, 0.717) is 24.3 Å². The first kappa shape index (κ1) is 17.1. The lowest BCUT2D eigenvalue weighted by atomic mass is 10.0. The Morgan fingerprint density at radius 3 is 2.36 bits per heavy atom. The van der Waals surface area contributed by atoms with Crippen LogP contribution in [0.2, 0.25) is 0 Å². The first-order chi connectivity index (χ1) is 12.1. The summed E-state index contributed by atoms with van der Waals surface area (Å²) in [6.07, 6.45) is -0.817. The van der Waals surface area contributed by atoms with Crippen LogP contribution in [0, 0.1) is 0 Å². The second-order valence-electron chi connectivity index (χ2n) is 5.93. The minimum absolute atomic E-state index is 0.00914. The Kier molecular flexibility index (Phi) is 5.10. The van der Waals surface area contributed by atoms with Crippen LogP contribution in [0.5, 0.6) is 0 Å². The molecule has 1 aromatic heterocycles. The predicted molar refractivity (Wildman–Crippen MR) is 99.5 cm³/mol. The molecule has 0 saturated heterocycles. The number of aromatic nitrogens is 1. The molecule has 4 nitrogen and oxygen atoms in total. The van der Waals surface area contributed by atoms with Crippen molar-refractivity contribution in [3.05, 3.63) is 77.5 Å². The predicted octanol–water partition coefficient (Wildman–Crippen LogP) is 3.80. The third-order valence-electron chi connectivity index (χ3n) is 4.42. The Morgan fingerprint density at radius 2 is 1.68 bits per heavy atom. The molecule has 3 aromatic rings. The highest BCUT2D eigenvalue weighted by Crippen LogP contribution is 2.23. The SMILES string of the molecule is CCN(CC)C(=O)c1ccc(C(O)c2ccc3ccccc3n2)cc1. The summed E-state index contributed by atoms with van der Waals surface area (Å²) < 4.78 is 0. The van der Waals surface area contributed by atoms with Gasteiger partial charge in [-0.3, -0.25) is 4.79 Å². The van der Waals surface area contributed by atoms with Crippen molar-refractivity contribution in [1.29, 1.82) is 0 Å². The molecule has 1 atom stereocenters. The number of amides is 1. The number of fused-ring (bicyclic) bond motifs is 1. The molecule has 0 aliphatic heterocycles. The summed E-state index contributed by atoms with van der Waals surface area (Å²) >= 11 is 0. The summed E-state index contributed by atoms with van der Waals surface area (Å²) in [6.45, 7) is 5.29. The van der Waals surface area contributed by atoms with Crippen LogP contribution >= 0.6 is 0 Å². The van der Waals surface area contributed by atoms with Gasteiger partial charge >= 0.3 is 0 Å². The Labute approximate surface area is 147 Å². The van der Waals surface area contributed by atoms with E-state index in [1.54, 1.807) is 29.2 Å². The van der Waals surface area contributed by atoms with Gasteiger partial charge in [0.1, 0.15) is 6.10 Å². The average Bonchev–Trinajstić information content (AvgIpc) is 2.68. The van der Waals surface area contributed by atoms with Gasteiger partial charge < -0.3 is 10.0 Å². The lowest BCUT2D eigenvalue weighted by Gasteiger charge is -2.19. The van der Waals surface area contributed by atoms with Gasteiger partial charge in [-0.25, -0.2) is 4.98 Å². The second kappa shape index (κ2) is 7.45. The van der Waals surface area contributed by atoms with E-state index in [4.69, 9.17) is 0 Å². The van der Waals surface area contributed by atoms with Crippen molar-refractivity contribution in [2.45, 2.75) is 20.0 Å². The minimum atomic E-state index is -0.817. The van der Waals surface area contributed by atoms with Crippen LogP contribution in [0.15, 0.2) is 60.7 Å². The van der Waals surface area contributed by atoms with Crippen LogP contribution in [0.4, 0.5) is 0 Å². The van der Waals surface area contributed by atoms with E-state index in [9.17, 15) is 9.90 Å². The molecule has 4 heteroatoms. The number of nitrogens with zero attached hydrogens (tertiary/aromatic N) is 2. The summed E-state index contributed by atoms with van der Waals surface area (Å²) in [5, 5.41) is 11.7. The summed E-state index contributed by atoms with van der Waals surface area (Å²) in [6, 6.07) is 18.7. The monoisotopic (exact) mass is 334 g/mol. The molecule has 0 radical (unpaired) electrons. The summed E-state index contributed by atoms with van der Waals surface area (Å²) in [7, 11) is 0. The van der Waals surface area contributed by atoms with Gasteiger partial charge in [0.2, 0.25) is 0 Å². The highest BCUT2D eigenvalue weighted by atomic mass is 16.3. The van der Waals surface area contributed by atoms with Gasteiger partial charge in [0.25, 0.3) is 5.91 Å². The molecule has 0 bridgehead atoms. The van der Waals surface area contributed by atoms with E-state index < -0.39 is 6.10 Å². The average molecular weight is 334 g/mol. The number of hydrogen-bond donors (Lipinski definition) is 1. The number of hydrogen-bond acceptors (Lipinski definition) is 3. The number of aliphatic hydroxyl groups excluding tert-OH is 1. The van der Waals surface area contributed by atoms with Crippen LogP contribution in [0.25, 0.3) is 10.9 Å². The van der Waals surface area contributed by atoms with E-state index in [1.165, 1.54) is 0 Å². The van der Waals surface area contributed by atoms with Crippen molar-refractivity contribution >= 4 is 16.8 Å². The Bertz CT molecular complexity index is 870. The zero-order valence-corrected chi connectivity index (χ0v) is 14.5. The number of pyridine rings is 1. The molecule has 0 aliphatic carbocycles. The number of carbonyl (C=O) groups excluding carboxylic acids is 1. The fourth-order valence-corrected chi connectivity index (χ4v) is 2.91. The highest BCUT2D eigenvalue weighted by molar-refractivity contribution is 5.94. The molecule has 128 valence electrons. The molecule has 1 heterocycles. The number of carbonyl (C=O) groups is 1. The van der Waals surface area contributed by atoms with E-state index >= 15 is 0 Å². The molecular formula is C21H22N2O2. The van der Waals surface area contributed by atoms with Gasteiger partial charge in [-0.2, -0.15) is 0 Å². The fourth-order valence-electron chi connectivity index (χ4n) is 2.91. The molecule has 2 aromatic carbocycles. The molecule has 1 amide bonds. The number of benzene rings is 2. The van der Waals surface area contributed by atoms with Crippen molar-refractivity contribution in [2.24, 2.45) is 0 Å². The van der Waals surface area contributed by atoms with Crippen LogP contribution in [-0.4, -0.2) is 34.0 Å². The Balaban J connectivity index is 1.84. The van der Waals surface area contributed by atoms with Gasteiger partial charge in [-0.1, -0.05) is 36.4 Å². The van der Waals surface area contributed by atoms with E-state index in [2.05, 4.69) is 4.98 Å². The van der Waals surface area contributed by atoms with Crippen molar-refractivity contribution in [2.75, 3.05) is 13.1 Å². The summed E-state index contributed by atoms with van der Waals surface area (Å²) in [5.74, 6) is 0.00914. The van der Waals surface area contributed by atoms with Gasteiger partial charge in [0, 0.05) is 24.0 Å². The number of aliphatic hydroxyl groups is 1. The maximum Gasteiger partial charge on any atom is 0.253 e. The fraction of sp³-hybridized carbons (Fsp3) is 0.238. The van der Waals surface area contributed by atoms with Gasteiger partial charge in [-0.05, 0) is 43.7 Å². The van der Waals surface area contributed by atoms with E-state index in [-0.39, 0.29) is 5.91 Å². The van der Waals surface area contributed by atoms with Crippen LogP contribution in [-0.2, 0) is 0 Å². The standard InChI is InChI=1S/C21H22N2O2/c1-3-23(4-2)21(25)17-11-9-16(10-12-17)20(24)19-14-13-15-7-5-6-8-18(15)22-19/h5-14,20,24H,3-4H2,1-2H3. The third-order valence-corrected chi connectivity index (χ3v) is 4.42. The third kappa shape index (κ3) is 3.54.